The number of ketones is 1. The lowest BCUT2D eigenvalue weighted by Crippen LogP contribution is -1.92. The third-order valence-electron chi connectivity index (χ3n) is 1.70. The molecular formula is C10H12O2S. The highest BCUT2D eigenvalue weighted by Crippen LogP contribution is 2.08. The van der Waals surface area contributed by atoms with Crippen molar-refractivity contribution in [3.8, 4) is 0 Å². The number of hydrogen-bond donors (Lipinski definition) is 0. The van der Waals surface area contributed by atoms with E-state index >= 15 is 0 Å². The summed E-state index contributed by atoms with van der Waals surface area (Å²) in [6, 6.07) is 7.46. The van der Waals surface area contributed by atoms with Gasteiger partial charge in [0.05, 0.1) is 6.61 Å². The Hall–Kier alpha value is -0.800. The van der Waals surface area contributed by atoms with E-state index < -0.39 is 0 Å². The Balaban J connectivity index is 2.64. The lowest BCUT2D eigenvalue weighted by atomic mass is 10.1. The molecule has 2 nitrogen and oxygen atoms in total. The van der Waals surface area contributed by atoms with Gasteiger partial charge in [0.25, 0.3) is 0 Å². The maximum absolute atomic E-state index is 10.9. The zero-order valence-corrected chi connectivity index (χ0v) is 8.56. The molecule has 0 saturated heterocycles. The number of Topliss-reactive ketones (excluding diaryl/α,β-unsaturated/α-hetero) is 1. The first-order valence-corrected chi connectivity index (χ1v) is 5.14. The van der Waals surface area contributed by atoms with E-state index in [0.717, 1.165) is 11.1 Å². The van der Waals surface area contributed by atoms with Crippen molar-refractivity contribution in [2.24, 2.45) is 0 Å². The molecule has 70 valence electrons. The highest BCUT2D eigenvalue weighted by Gasteiger charge is 1.98. The van der Waals surface area contributed by atoms with Crippen LogP contribution >= 0.6 is 12.0 Å². The van der Waals surface area contributed by atoms with Gasteiger partial charge in [-0.15, -0.1) is 0 Å². The number of carbonyl (C=O) groups is 1. The van der Waals surface area contributed by atoms with Crippen molar-refractivity contribution in [1.82, 2.24) is 0 Å². The predicted octanol–water partition coefficient (Wildman–Crippen LogP) is 2.68. The highest BCUT2D eigenvalue weighted by atomic mass is 32.2. The molecular weight excluding hydrogens is 184 g/mol. The summed E-state index contributed by atoms with van der Waals surface area (Å²) in [7, 11) is 0. The smallest absolute Gasteiger partial charge is 0.159 e. The van der Waals surface area contributed by atoms with Gasteiger partial charge in [-0.25, -0.2) is 0 Å². The number of hydrogen-bond acceptors (Lipinski definition) is 3. The molecule has 0 atom stereocenters. The molecule has 0 aliphatic heterocycles. The van der Waals surface area contributed by atoms with Crippen LogP contribution in [0.5, 0.6) is 0 Å². The molecule has 0 N–H and O–H groups in total. The largest absolute Gasteiger partial charge is 0.311 e. The zero-order valence-electron chi connectivity index (χ0n) is 7.74. The van der Waals surface area contributed by atoms with Gasteiger partial charge in [0.1, 0.15) is 0 Å². The molecule has 0 radical (unpaired) electrons. The molecule has 0 aliphatic rings. The molecule has 0 heterocycles. The van der Waals surface area contributed by atoms with Crippen molar-refractivity contribution in [2.45, 2.75) is 13.5 Å². The van der Waals surface area contributed by atoms with Gasteiger partial charge in [0.2, 0.25) is 0 Å². The van der Waals surface area contributed by atoms with Crippen molar-refractivity contribution in [2.75, 3.05) is 6.26 Å². The Morgan fingerprint density at radius 1 is 1.38 bits per heavy atom. The molecule has 0 fully saturated rings. The van der Waals surface area contributed by atoms with Crippen LogP contribution in [0.1, 0.15) is 22.8 Å². The van der Waals surface area contributed by atoms with Crippen LogP contribution < -0.4 is 0 Å². The van der Waals surface area contributed by atoms with Gasteiger partial charge < -0.3 is 4.18 Å². The molecule has 0 spiro atoms. The summed E-state index contributed by atoms with van der Waals surface area (Å²) in [5.41, 5.74) is 1.83. The van der Waals surface area contributed by atoms with Gasteiger partial charge in [-0.2, -0.15) is 0 Å². The molecule has 0 unspecified atom stereocenters. The fraction of sp³-hybridized carbons (Fsp3) is 0.300. The molecule has 0 saturated carbocycles. The molecule has 0 aliphatic carbocycles. The Labute approximate surface area is 82.5 Å². The van der Waals surface area contributed by atoms with Crippen molar-refractivity contribution in [1.29, 1.82) is 0 Å². The third kappa shape index (κ3) is 3.20. The average molecular weight is 196 g/mol. The minimum atomic E-state index is 0.0948. The van der Waals surface area contributed by atoms with Crippen LogP contribution in [0.15, 0.2) is 24.3 Å². The second kappa shape index (κ2) is 5.04. The van der Waals surface area contributed by atoms with Crippen LogP contribution in [0, 0.1) is 0 Å². The summed E-state index contributed by atoms with van der Waals surface area (Å²) in [6.45, 7) is 2.15. The summed E-state index contributed by atoms with van der Waals surface area (Å²) >= 11 is 1.34. The van der Waals surface area contributed by atoms with Crippen molar-refractivity contribution >= 4 is 17.8 Å². The standard InChI is InChI=1S/C10H12O2S/c1-8(11)10-5-3-9(4-6-10)7-12-13-2/h3-6H,7H2,1-2H3. The minimum Gasteiger partial charge on any atom is -0.311 e. The quantitative estimate of drug-likeness (QED) is 0.547. The zero-order chi connectivity index (χ0) is 9.68. The first kappa shape index (κ1) is 10.3. The van der Waals surface area contributed by atoms with Gasteiger partial charge in [0.15, 0.2) is 5.78 Å². The predicted molar refractivity (Wildman–Crippen MR) is 54.8 cm³/mol. The van der Waals surface area contributed by atoms with Gasteiger partial charge >= 0.3 is 0 Å². The molecule has 0 amide bonds. The third-order valence-corrected chi connectivity index (χ3v) is 2.06. The summed E-state index contributed by atoms with van der Waals surface area (Å²) in [5, 5.41) is 0. The van der Waals surface area contributed by atoms with E-state index in [1.165, 1.54) is 12.0 Å². The van der Waals surface area contributed by atoms with E-state index in [9.17, 15) is 4.79 Å². The average Bonchev–Trinajstić information content (AvgIpc) is 2.15. The molecule has 13 heavy (non-hydrogen) atoms. The lowest BCUT2D eigenvalue weighted by Gasteiger charge is -2.00. The van der Waals surface area contributed by atoms with Crippen LogP contribution in [0.25, 0.3) is 0 Å². The van der Waals surface area contributed by atoms with Crippen LogP contribution in [0.2, 0.25) is 0 Å². The van der Waals surface area contributed by atoms with Crippen molar-refractivity contribution < 1.29 is 8.98 Å². The summed E-state index contributed by atoms with van der Waals surface area (Å²) in [4.78, 5) is 10.9. The summed E-state index contributed by atoms with van der Waals surface area (Å²) in [5.74, 6) is 0.0948. The van der Waals surface area contributed by atoms with Gasteiger partial charge in [0, 0.05) is 11.8 Å². The van der Waals surface area contributed by atoms with Gasteiger partial charge in [-0.3, -0.25) is 4.79 Å². The van der Waals surface area contributed by atoms with Crippen LogP contribution in [0.4, 0.5) is 0 Å². The van der Waals surface area contributed by atoms with E-state index in [0.29, 0.717) is 6.61 Å². The van der Waals surface area contributed by atoms with Crippen LogP contribution in [-0.2, 0) is 10.8 Å². The van der Waals surface area contributed by atoms with E-state index in [4.69, 9.17) is 4.18 Å². The second-order valence-electron chi connectivity index (χ2n) is 2.68. The molecule has 1 rings (SSSR count). The summed E-state index contributed by atoms with van der Waals surface area (Å²) in [6.07, 6.45) is 1.88. The first-order chi connectivity index (χ1) is 6.24. The lowest BCUT2D eigenvalue weighted by molar-refractivity contribution is 0.101. The van der Waals surface area contributed by atoms with Crippen molar-refractivity contribution in [3.63, 3.8) is 0 Å². The minimum absolute atomic E-state index is 0.0948. The molecule has 1 aromatic rings. The van der Waals surface area contributed by atoms with Gasteiger partial charge in [-0.05, 0) is 24.5 Å². The topological polar surface area (TPSA) is 26.3 Å². The SMILES string of the molecule is CSOCc1ccc(C(C)=O)cc1. The Bertz CT molecular complexity index is 279. The fourth-order valence-corrected chi connectivity index (χ4v) is 1.22. The monoisotopic (exact) mass is 196 g/mol. The Morgan fingerprint density at radius 3 is 2.46 bits per heavy atom. The Morgan fingerprint density at radius 2 is 2.00 bits per heavy atom. The van der Waals surface area contributed by atoms with Crippen molar-refractivity contribution in [3.05, 3.63) is 35.4 Å². The van der Waals surface area contributed by atoms with Crippen LogP contribution in [0.3, 0.4) is 0 Å². The Kier molecular flexibility index (Phi) is 3.99. The first-order valence-electron chi connectivity index (χ1n) is 3.99. The van der Waals surface area contributed by atoms with E-state index in [1.54, 1.807) is 6.92 Å². The summed E-state index contributed by atoms with van der Waals surface area (Å²) < 4.78 is 5.15. The molecule has 1 aromatic carbocycles. The maximum atomic E-state index is 10.9. The van der Waals surface area contributed by atoms with Crippen LogP contribution in [-0.4, -0.2) is 12.0 Å². The van der Waals surface area contributed by atoms with E-state index in [1.807, 2.05) is 30.5 Å². The van der Waals surface area contributed by atoms with Gasteiger partial charge in [-0.1, -0.05) is 24.3 Å². The molecule has 0 bridgehead atoms. The van der Waals surface area contributed by atoms with E-state index in [-0.39, 0.29) is 5.78 Å². The van der Waals surface area contributed by atoms with E-state index in [2.05, 4.69) is 0 Å². The number of carbonyl (C=O) groups excluding carboxylic acids is 1. The highest BCUT2D eigenvalue weighted by molar-refractivity contribution is 7.93. The molecule has 3 heteroatoms. The normalized spacial score (nSPS) is 10.0. The second-order valence-corrected chi connectivity index (χ2v) is 3.25. The number of rotatable bonds is 4. The molecule has 0 aromatic heterocycles. The number of benzene rings is 1. The fourth-order valence-electron chi connectivity index (χ4n) is 0.963. The maximum Gasteiger partial charge on any atom is 0.159 e.